The minimum Gasteiger partial charge on any atom is -0.300 e. The van der Waals surface area contributed by atoms with Crippen LogP contribution < -0.4 is 0 Å². The number of fused-ring (bicyclic) bond motifs is 1. The fourth-order valence-electron chi connectivity index (χ4n) is 2.66. The number of benzene rings is 1. The number of H-pyrrole nitrogens is 1. The lowest BCUT2D eigenvalue weighted by atomic mass is 10.0. The van der Waals surface area contributed by atoms with E-state index in [4.69, 9.17) is 17.2 Å². The Morgan fingerprint density at radius 2 is 2.00 bits per heavy atom. The molecule has 3 aromatic rings. The lowest BCUT2D eigenvalue weighted by molar-refractivity contribution is 0.756. The van der Waals surface area contributed by atoms with Gasteiger partial charge in [-0.3, -0.25) is 10.1 Å². The molecule has 0 unspecified atom stereocenters. The molecular weight excluding hydrogens is 280 g/mol. The summed E-state index contributed by atoms with van der Waals surface area (Å²) in [6, 6.07) is 6.33. The van der Waals surface area contributed by atoms with Gasteiger partial charge in [0.15, 0.2) is 10.6 Å². The maximum atomic E-state index is 5.30. The van der Waals surface area contributed by atoms with E-state index in [1.807, 2.05) is 11.5 Å². The van der Waals surface area contributed by atoms with Gasteiger partial charge in [0.2, 0.25) is 0 Å². The van der Waals surface area contributed by atoms with E-state index in [0.717, 1.165) is 34.5 Å². The summed E-state index contributed by atoms with van der Waals surface area (Å²) in [6.45, 7) is 9.10. The first kappa shape index (κ1) is 13.9. The normalized spacial score (nSPS) is 11.2. The second kappa shape index (κ2) is 5.07. The van der Waals surface area contributed by atoms with E-state index in [2.05, 4.69) is 49.2 Å². The Balaban J connectivity index is 2.42. The van der Waals surface area contributed by atoms with Gasteiger partial charge < -0.3 is 4.57 Å². The van der Waals surface area contributed by atoms with Gasteiger partial charge in [0.1, 0.15) is 0 Å². The monoisotopic (exact) mass is 298 g/mol. The molecule has 0 atom stereocenters. The van der Waals surface area contributed by atoms with Crippen LogP contribution in [0.25, 0.3) is 22.3 Å². The highest BCUT2D eigenvalue weighted by molar-refractivity contribution is 7.71. The minimum absolute atomic E-state index is 0.652. The van der Waals surface area contributed by atoms with Crippen LogP contribution in [0.4, 0.5) is 0 Å². The summed E-state index contributed by atoms with van der Waals surface area (Å²) in [4.78, 5) is 4.71. The lowest BCUT2D eigenvalue weighted by Gasteiger charge is -2.11. The molecular formula is C16H18N4S. The van der Waals surface area contributed by atoms with Crippen molar-refractivity contribution in [3.8, 4) is 11.4 Å². The molecule has 1 aromatic carbocycles. The first-order valence-electron chi connectivity index (χ1n) is 7.06. The molecule has 108 valence electrons. The number of rotatable bonds is 2. The highest BCUT2D eigenvalue weighted by atomic mass is 32.1. The zero-order valence-electron chi connectivity index (χ0n) is 12.7. The van der Waals surface area contributed by atoms with Crippen molar-refractivity contribution in [1.29, 1.82) is 0 Å². The van der Waals surface area contributed by atoms with Crippen LogP contribution in [0.3, 0.4) is 0 Å². The Morgan fingerprint density at radius 1 is 1.24 bits per heavy atom. The van der Waals surface area contributed by atoms with Crippen molar-refractivity contribution in [1.82, 2.24) is 19.7 Å². The number of aromatic amines is 1. The van der Waals surface area contributed by atoms with E-state index in [-0.39, 0.29) is 0 Å². The van der Waals surface area contributed by atoms with E-state index in [0.29, 0.717) is 4.77 Å². The first-order valence-corrected chi connectivity index (χ1v) is 7.47. The Kier molecular flexibility index (Phi) is 3.37. The topological polar surface area (TPSA) is 46.5 Å². The molecule has 1 N–H and O–H groups in total. The van der Waals surface area contributed by atoms with E-state index in [9.17, 15) is 0 Å². The highest BCUT2D eigenvalue weighted by Crippen LogP contribution is 2.30. The predicted molar refractivity (Wildman–Crippen MR) is 88.0 cm³/mol. The van der Waals surface area contributed by atoms with Crippen LogP contribution in [-0.2, 0) is 6.54 Å². The number of nitrogens with one attached hydrogen (secondary N) is 1. The molecule has 0 aliphatic heterocycles. The van der Waals surface area contributed by atoms with Crippen LogP contribution in [-0.4, -0.2) is 19.7 Å². The van der Waals surface area contributed by atoms with Crippen LogP contribution in [0.2, 0.25) is 0 Å². The first-order chi connectivity index (χ1) is 10.0. The summed E-state index contributed by atoms with van der Waals surface area (Å²) in [6.07, 6.45) is 0. The smallest absolute Gasteiger partial charge is 0.195 e. The second-order valence-corrected chi connectivity index (χ2v) is 5.70. The SMILES string of the molecule is CCn1c(-c2cc(C)nc3c(C)c(C)ccc23)n[nH]c1=S. The van der Waals surface area contributed by atoms with Crippen molar-refractivity contribution >= 4 is 23.1 Å². The molecule has 0 fully saturated rings. The zero-order chi connectivity index (χ0) is 15.1. The van der Waals surface area contributed by atoms with E-state index < -0.39 is 0 Å². The standard InChI is InChI=1S/C16H18N4S/c1-5-20-15(18-19-16(20)21)13-8-10(3)17-14-11(4)9(2)6-7-12(13)14/h6-8H,5H2,1-4H3,(H,19,21). The van der Waals surface area contributed by atoms with Crippen LogP contribution in [0.5, 0.6) is 0 Å². The van der Waals surface area contributed by atoms with Gasteiger partial charge >= 0.3 is 0 Å². The molecule has 5 heteroatoms. The van der Waals surface area contributed by atoms with Crippen LogP contribution in [0.15, 0.2) is 18.2 Å². The summed E-state index contributed by atoms with van der Waals surface area (Å²) in [5.41, 5.74) is 5.58. The number of pyridine rings is 1. The molecule has 0 aliphatic rings. The van der Waals surface area contributed by atoms with Crippen molar-refractivity contribution in [3.05, 3.63) is 39.8 Å². The van der Waals surface area contributed by atoms with Crippen LogP contribution >= 0.6 is 12.2 Å². The maximum Gasteiger partial charge on any atom is 0.195 e. The zero-order valence-corrected chi connectivity index (χ0v) is 13.5. The molecule has 2 heterocycles. The summed E-state index contributed by atoms with van der Waals surface area (Å²) in [5, 5.41) is 8.43. The number of hydrogen-bond donors (Lipinski definition) is 1. The fraction of sp³-hybridized carbons (Fsp3) is 0.312. The van der Waals surface area contributed by atoms with E-state index in [1.54, 1.807) is 0 Å². The Morgan fingerprint density at radius 3 is 2.71 bits per heavy atom. The molecule has 0 amide bonds. The fourth-order valence-corrected chi connectivity index (χ4v) is 2.92. The van der Waals surface area contributed by atoms with Crippen molar-refractivity contribution in [2.45, 2.75) is 34.2 Å². The summed E-state index contributed by atoms with van der Waals surface area (Å²) >= 11 is 5.30. The number of aryl methyl sites for hydroxylation is 3. The molecule has 0 saturated heterocycles. The molecule has 0 aliphatic carbocycles. The van der Waals surface area contributed by atoms with Gasteiger partial charge in [-0.1, -0.05) is 12.1 Å². The molecule has 0 spiro atoms. The maximum absolute atomic E-state index is 5.30. The average molecular weight is 298 g/mol. The second-order valence-electron chi connectivity index (χ2n) is 5.31. The number of hydrogen-bond acceptors (Lipinski definition) is 3. The minimum atomic E-state index is 0.652. The van der Waals surface area contributed by atoms with E-state index >= 15 is 0 Å². The lowest BCUT2D eigenvalue weighted by Crippen LogP contribution is -2.00. The van der Waals surface area contributed by atoms with Gasteiger partial charge in [0.05, 0.1) is 5.52 Å². The molecule has 21 heavy (non-hydrogen) atoms. The quantitative estimate of drug-likeness (QED) is 0.724. The average Bonchev–Trinajstić information content (AvgIpc) is 2.83. The third-order valence-corrected chi connectivity index (χ3v) is 4.26. The largest absolute Gasteiger partial charge is 0.300 e. The summed E-state index contributed by atoms with van der Waals surface area (Å²) in [7, 11) is 0. The molecule has 0 radical (unpaired) electrons. The van der Waals surface area contributed by atoms with Crippen LogP contribution in [0, 0.1) is 25.5 Å². The Hall–Kier alpha value is -2.01. The molecule has 4 nitrogen and oxygen atoms in total. The third kappa shape index (κ3) is 2.17. The van der Waals surface area contributed by atoms with Gasteiger partial charge in [-0.2, -0.15) is 5.10 Å². The van der Waals surface area contributed by atoms with Crippen molar-refractivity contribution < 1.29 is 0 Å². The highest BCUT2D eigenvalue weighted by Gasteiger charge is 2.14. The van der Waals surface area contributed by atoms with Gasteiger partial charge in [-0.15, -0.1) is 0 Å². The van der Waals surface area contributed by atoms with Crippen molar-refractivity contribution in [2.75, 3.05) is 0 Å². The molecule has 0 saturated carbocycles. The van der Waals surface area contributed by atoms with Crippen molar-refractivity contribution in [3.63, 3.8) is 0 Å². The number of nitrogens with zero attached hydrogens (tertiary/aromatic N) is 3. The summed E-state index contributed by atoms with van der Waals surface area (Å²) < 4.78 is 2.66. The van der Waals surface area contributed by atoms with Gasteiger partial charge in [-0.25, -0.2) is 0 Å². The third-order valence-electron chi connectivity index (χ3n) is 3.95. The van der Waals surface area contributed by atoms with Gasteiger partial charge in [0, 0.05) is 23.2 Å². The van der Waals surface area contributed by atoms with E-state index in [1.165, 1.54) is 11.1 Å². The predicted octanol–water partition coefficient (Wildman–Crippen LogP) is 4.10. The van der Waals surface area contributed by atoms with Gasteiger partial charge in [0.25, 0.3) is 0 Å². The Bertz CT molecular complexity index is 889. The molecule has 0 bridgehead atoms. The number of aromatic nitrogens is 4. The summed E-state index contributed by atoms with van der Waals surface area (Å²) in [5.74, 6) is 0.876. The molecule has 2 aromatic heterocycles. The Labute approximate surface area is 128 Å². The van der Waals surface area contributed by atoms with Crippen molar-refractivity contribution in [2.24, 2.45) is 0 Å². The molecule has 3 rings (SSSR count). The van der Waals surface area contributed by atoms with Gasteiger partial charge in [-0.05, 0) is 57.1 Å². The van der Waals surface area contributed by atoms with Crippen LogP contribution in [0.1, 0.15) is 23.7 Å².